The second-order valence-corrected chi connectivity index (χ2v) is 11.8. The molecule has 0 radical (unpaired) electrons. The van der Waals surface area contributed by atoms with Crippen molar-refractivity contribution in [3.63, 3.8) is 0 Å². The van der Waals surface area contributed by atoms with Crippen LogP contribution in [0.3, 0.4) is 0 Å². The quantitative estimate of drug-likeness (QED) is 0.285. The Labute approximate surface area is 243 Å². The maximum Gasteiger partial charge on any atom is 0.198 e. The van der Waals surface area contributed by atoms with Gasteiger partial charge < -0.3 is 39.7 Å². The molecule has 2 aromatic carbocycles. The third kappa shape index (κ3) is 4.38. The standard InChI is InChI=1S/C31H37NO10/c1-4-31(39)13-18(42-19-12-17(25(33)15(3)41-19)32-8-10-40-11-9-32)21-24(30(31)38)29(37)22-23(28(21)36)27(35)20-14(2)6-5-7-16(20)26(22)34/h5-7,15,17-19,25,30,33,36-39H,4,8-13H2,1-3H3/t15-,17?,18-,19-,25+,30+,31+/m0/s1. The Morgan fingerprint density at radius 3 is 2.38 bits per heavy atom. The van der Waals surface area contributed by atoms with E-state index in [1.54, 1.807) is 32.9 Å². The van der Waals surface area contributed by atoms with E-state index in [9.17, 15) is 35.1 Å². The summed E-state index contributed by atoms with van der Waals surface area (Å²) < 4.78 is 17.9. The van der Waals surface area contributed by atoms with Gasteiger partial charge >= 0.3 is 0 Å². The van der Waals surface area contributed by atoms with E-state index in [0.29, 0.717) is 31.9 Å². The largest absolute Gasteiger partial charge is 0.507 e. The number of ketones is 2. The average Bonchev–Trinajstić information content (AvgIpc) is 2.97. The van der Waals surface area contributed by atoms with Crippen LogP contribution in [0.5, 0.6) is 11.5 Å². The van der Waals surface area contributed by atoms with Crippen molar-refractivity contribution in [2.75, 3.05) is 26.3 Å². The van der Waals surface area contributed by atoms with Gasteiger partial charge in [0.15, 0.2) is 17.9 Å². The van der Waals surface area contributed by atoms with Crippen molar-refractivity contribution in [1.29, 1.82) is 0 Å². The summed E-state index contributed by atoms with van der Waals surface area (Å²) in [5.74, 6) is -2.55. The van der Waals surface area contributed by atoms with Gasteiger partial charge in [-0.15, -0.1) is 0 Å². The van der Waals surface area contributed by atoms with Gasteiger partial charge in [-0.05, 0) is 25.8 Å². The highest BCUT2D eigenvalue weighted by molar-refractivity contribution is 6.31. The average molecular weight is 584 g/mol. The normalized spacial score (nSPS) is 33.2. The maximum absolute atomic E-state index is 13.7. The zero-order valence-electron chi connectivity index (χ0n) is 23.9. The minimum absolute atomic E-state index is 0.0662. The molecule has 2 aliphatic carbocycles. The first-order valence-corrected chi connectivity index (χ1v) is 14.5. The van der Waals surface area contributed by atoms with E-state index in [1.807, 2.05) is 0 Å². The number of benzene rings is 2. The number of phenols is 2. The molecule has 42 heavy (non-hydrogen) atoms. The summed E-state index contributed by atoms with van der Waals surface area (Å²) >= 11 is 0. The summed E-state index contributed by atoms with van der Waals surface area (Å²) in [7, 11) is 0. The fraction of sp³-hybridized carbons (Fsp3) is 0.548. The smallest absolute Gasteiger partial charge is 0.198 e. The lowest BCUT2D eigenvalue weighted by Crippen LogP contribution is -2.58. The molecule has 6 rings (SSSR count). The van der Waals surface area contributed by atoms with Gasteiger partial charge in [0.25, 0.3) is 0 Å². The van der Waals surface area contributed by atoms with Crippen LogP contribution in [0.2, 0.25) is 0 Å². The number of carbonyl (C=O) groups is 2. The summed E-state index contributed by atoms with van der Waals surface area (Å²) in [6, 6.07) is 4.49. The molecule has 0 saturated carbocycles. The Bertz CT molecular complexity index is 1440. The van der Waals surface area contributed by atoms with E-state index in [-0.39, 0.29) is 53.1 Å². The predicted octanol–water partition coefficient (Wildman–Crippen LogP) is 2.01. The molecule has 5 N–H and O–H groups in total. The molecule has 0 aromatic heterocycles. The maximum atomic E-state index is 13.7. The summed E-state index contributed by atoms with van der Waals surface area (Å²) in [6.07, 6.45) is -4.91. The number of aromatic hydroxyl groups is 2. The molecule has 1 unspecified atom stereocenters. The van der Waals surface area contributed by atoms with Crippen LogP contribution in [-0.4, -0.2) is 98.4 Å². The van der Waals surface area contributed by atoms with Gasteiger partial charge in [0.2, 0.25) is 0 Å². The first-order chi connectivity index (χ1) is 20.0. The monoisotopic (exact) mass is 583 g/mol. The zero-order valence-corrected chi connectivity index (χ0v) is 23.9. The number of morpholine rings is 1. The van der Waals surface area contributed by atoms with Crippen LogP contribution in [0.4, 0.5) is 0 Å². The molecule has 11 heteroatoms. The number of aliphatic hydroxyl groups excluding tert-OH is 2. The summed E-state index contributed by atoms with van der Waals surface area (Å²) in [6.45, 7) is 7.42. The number of hydrogen-bond acceptors (Lipinski definition) is 11. The number of nitrogens with zero attached hydrogens (tertiary/aromatic N) is 1. The van der Waals surface area contributed by atoms with Crippen LogP contribution >= 0.6 is 0 Å². The lowest BCUT2D eigenvalue weighted by atomic mass is 9.70. The molecule has 226 valence electrons. The lowest BCUT2D eigenvalue weighted by Gasteiger charge is -2.47. The van der Waals surface area contributed by atoms with Crippen LogP contribution in [0.1, 0.15) is 93.9 Å². The van der Waals surface area contributed by atoms with Gasteiger partial charge in [-0.25, -0.2) is 0 Å². The van der Waals surface area contributed by atoms with Gasteiger partial charge in [-0.3, -0.25) is 14.5 Å². The highest BCUT2D eigenvalue weighted by Crippen LogP contribution is 2.56. The highest BCUT2D eigenvalue weighted by atomic mass is 16.7. The minimum Gasteiger partial charge on any atom is -0.507 e. The van der Waals surface area contributed by atoms with E-state index in [0.717, 1.165) is 0 Å². The first kappa shape index (κ1) is 29.2. The van der Waals surface area contributed by atoms with Gasteiger partial charge in [-0.1, -0.05) is 25.1 Å². The molecular formula is C31H37NO10. The molecule has 2 aliphatic heterocycles. The summed E-state index contributed by atoms with van der Waals surface area (Å²) in [5.41, 5.74) is -2.11. The lowest BCUT2D eigenvalue weighted by molar-refractivity contribution is -0.264. The number of rotatable bonds is 4. The van der Waals surface area contributed by atoms with Crippen molar-refractivity contribution in [3.05, 3.63) is 57.1 Å². The first-order valence-electron chi connectivity index (χ1n) is 14.5. The topological polar surface area (TPSA) is 166 Å². The zero-order chi connectivity index (χ0) is 30.1. The number of aliphatic hydroxyl groups is 3. The van der Waals surface area contributed by atoms with E-state index < -0.39 is 64.9 Å². The van der Waals surface area contributed by atoms with E-state index in [4.69, 9.17) is 14.2 Å². The molecule has 2 aromatic rings. The van der Waals surface area contributed by atoms with Crippen molar-refractivity contribution in [1.82, 2.24) is 4.90 Å². The molecule has 0 spiro atoms. The van der Waals surface area contributed by atoms with Crippen molar-refractivity contribution in [3.8, 4) is 11.5 Å². The molecule has 0 amide bonds. The van der Waals surface area contributed by atoms with Gasteiger partial charge in [0, 0.05) is 54.2 Å². The van der Waals surface area contributed by atoms with Crippen molar-refractivity contribution in [2.45, 2.75) is 82.4 Å². The third-order valence-electron chi connectivity index (χ3n) is 9.48. The Morgan fingerprint density at radius 2 is 1.69 bits per heavy atom. The predicted molar refractivity (Wildman–Crippen MR) is 148 cm³/mol. The molecule has 4 aliphatic rings. The third-order valence-corrected chi connectivity index (χ3v) is 9.48. The van der Waals surface area contributed by atoms with Gasteiger partial charge in [0.1, 0.15) is 17.6 Å². The fourth-order valence-electron chi connectivity index (χ4n) is 7.05. The van der Waals surface area contributed by atoms with E-state index in [2.05, 4.69) is 4.90 Å². The van der Waals surface area contributed by atoms with Crippen LogP contribution in [-0.2, 0) is 14.2 Å². The number of fused-ring (bicyclic) bond motifs is 3. The van der Waals surface area contributed by atoms with Crippen molar-refractivity contribution < 1.29 is 49.3 Å². The van der Waals surface area contributed by atoms with E-state index >= 15 is 0 Å². The number of hydrogen-bond donors (Lipinski definition) is 5. The van der Waals surface area contributed by atoms with Gasteiger partial charge in [0.05, 0.1) is 48.3 Å². The molecule has 0 bridgehead atoms. The number of aryl methyl sites for hydroxylation is 1. The summed E-state index contributed by atoms with van der Waals surface area (Å²) in [5, 5.41) is 56.9. The number of carbonyl (C=O) groups excluding carboxylic acids is 2. The van der Waals surface area contributed by atoms with Crippen LogP contribution in [0.25, 0.3) is 0 Å². The fourth-order valence-corrected chi connectivity index (χ4v) is 7.05. The summed E-state index contributed by atoms with van der Waals surface area (Å²) in [4.78, 5) is 29.5. The van der Waals surface area contributed by atoms with Gasteiger partial charge in [-0.2, -0.15) is 0 Å². The van der Waals surface area contributed by atoms with Crippen molar-refractivity contribution >= 4 is 11.6 Å². The van der Waals surface area contributed by atoms with E-state index in [1.165, 1.54) is 6.07 Å². The molecule has 7 atom stereocenters. The van der Waals surface area contributed by atoms with Crippen LogP contribution in [0, 0.1) is 6.92 Å². The Hall–Kier alpha value is -2.90. The minimum atomic E-state index is -1.78. The molecule has 2 saturated heterocycles. The Morgan fingerprint density at radius 1 is 1.02 bits per heavy atom. The Balaban J connectivity index is 1.44. The molecule has 2 heterocycles. The second kappa shape index (κ2) is 10.7. The van der Waals surface area contributed by atoms with Crippen LogP contribution in [0.15, 0.2) is 18.2 Å². The molecule has 2 fully saturated rings. The van der Waals surface area contributed by atoms with Crippen LogP contribution < -0.4 is 0 Å². The molecule has 11 nitrogen and oxygen atoms in total. The highest BCUT2D eigenvalue weighted by Gasteiger charge is 2.51. The Kier molecular flexibility index (Phi) is 7.42. The SMILES string of the molecule is CC[C@@]1(O)C[C@H](O[C@H]2CC(N3CCOCC3)[C@H](O)[C@H](C)O2)c2c(O)c3c(c(O)c2[C@H]1O)C(=O)c1cccc(C)c1C3=O. The van der Waals surface area contributed by atoms with Crippen molar-refractivity contribution in [2.24, 2.45) is 0 Å². The number of ether oxygens (including phenoxy) is 3. The second-order valence-electron chi connectivity index (χ2n) is 11.8. The molecular weight excluding hydrogens is 546 g/mol. The number of phenolic OH excluding ortho intramolecular Hbond substituents is 2.